The minimum absolute atomic E-state index is 0.257. The average molecular weight is 459 g/mol. The van der Waals surface area contributed by atoms with E-state index >= 15 is 0 Å². The molecule has 7 nitrogen and oxygen atoms in total. The molecular weight excluding hydrogens is 432 g/mol. The fraction of sp³-hybridized carbons (Fsp3) is 0.185. The van der Waals surface area contributed by atoms with Crippen molar-refractivity contribution < 1.29 is 23.4 Å². The highest BCUT2D eigenvalue weighted by Gasteiger charge is 2.20. The molecule has 7 heteroatoms. The largest absolute Gasteiger partial charge is 0.497 e. The van der Waals surface area contributed by atoms with E-state index in [-0.39, 0.29) is 5.91 Å². The Morgan fingerprint density at radius 3 is 2.56 bits per heavy atom. The van der Waals surface area contributed by atoms with Crippen LogP contribution in [0.1, 0.15) is 18.1 Å². The van der Waals surface area contributed by atoms with Crippen LogP contribution >= 0.6 is 0 Å². The number of amides is 1. The molecule has 0 aliphatic rings. The Hall–Kier alpha value is -4.26. The third-order valence-electron chi connectivity index (χ3n) is 5.65. The second-order valence-corrected chi connectivity index (χ2v) is 7.73. The van der Waals surface area contributed by atoms with E-state index in [1.54, 1.807) is 58.2 Å². The Bertz CT molecular complexity index is 1370. The van der Waals surface area contributed by atoms with Crippen LogP contribution in [0.25, 0.3) is 27.7 Å². The third-order valence-corrected chi connectivity index (χ3v) is 5.65. The average Bonchev–Trinajstić information content (AvgIpc) is 3.28. The summed E-state index contributed by atoms with van der Waals surface area (Å²) in [5, 5.41) is 3.70. The number of nitrogens with one attached hydrogen (secondary N) is 1. The lowest BCUT2D eigenvalue weighted by Gasteiger charge is -2.14. The molecule has 2 aromatic carbocycles. The summed E-state index contributed by atoms with van der Waals surface area (Å²) in [6, 6.07) is 11.1. The highest BCUT2D eigenvalue weighted by Crippen LogP contribution is 2.43. The van der Waals surface area contributed by atoms with Gasteiger partial charge in [-0.15, -0.1) is 0 Å². The van der Waals surface area contributed by atoms with Crippen molar-refractivity contribution >= 4 is 28.1 Å². The van der Waals surface area contributed by atoms with Crippen molar-refractivity contribution in [1.29, 1.82) is 0 Å². The summed E-state index contributed by atoms with van der Waals surface area (Å²) in [6.45, 7) is 3.81. The molecule has 1 N–H and O–H groups in total. The maximum Gasteiger partial charge on any atom is 0.248 e. The van der Waals surface area contributed by atoms with Crippen molar-refractivity contribution in [2.45, 2.75) is 13.8 Å². The first-order chi connectivity index (χ1) is 16.5. The zero-order chi connectivity index (χ0) is 24.2. The summed E-state index contributed by atoms with van der Waals surface area (Å²) in [5.74, 6) is 1.79. The molecule has 0 atom stereocenters. The number of hydrogen-bond donors (Lipinski definition) is 1. The van der Waals surface area contributed by atoms with Crippen molar-refractivity contribution in [2.24, 2.45) is 0 Å². The molecule has 1 amide bonds. The zero-order valence-electron chi connectivity index (χ0n) is 19.8. The van der Waals surface area contributed by atoms with Gasteiger partial charge in [0.2, 0.25) is 5.91 Å². The van der Waals surface area contributed by atoms with Crippen LogP contribution in [0.4, 0.5) is 5.69 Å². The van der Waals surface area contributed by atoms with E-state index in [0.29, 0.717) is 28.5 Å². The van der Waals surface area contributed by atoms with Gasteiger partial charge in [0.15, 0.2) is 0 Å². The fourth-order valence-corrected chi connectivity index (χ4v) is 3.99. The predicted octanol–water partition coefficient (Wildman–Crippen LogP) is 5.87. The van der Waals surface area contributed by atoms with E-state index < -0.39 is 0 Å². The Kier molecular flexibility index (Phi) is 6.54. The number of fused-ring (bicyclic) bond motifs is 1. The number of carbonyl (C=O) groups excluding carboxylic acids is 1. The molecule has 174 valence electrons. The Morgan fingerprint density at radius 2 is 1.88 bits per heavy atom. The van der Waals surface area contributed by atoms with E-state index in [4.69, 9.17) is 18.6 Å². The molecule has 0 spiro atoms. The summed E-state index contributed by atoms with van der Waals surface area (Å²) in [5.41, 5.74) is 5.39. The molecule has 0 fully saturated rings. The van der Waals surface area contributed by atoms with E-state index in [9.17, 15) is 4.79 Å². The summed E-state index contributed by atoms with van der Waals surface area (Å²) < 4.78 is 22.7. The number of aryl methyl sites for hydroxylation is 1. The van der Waals surface area contributed by atoms with Gasteiger partial charge in [-0.25, -0.2) is 0 Å². The van der Waals surface area contributed by atoms with Gasteiger partial charge in [0.1, 0.15) is 22.8 Å². The number of carbonyl (C=O) groups is 1. The van der Waals surface area contributed by atoms with Crippen LogP contribution < -0.4 is 19.5 Å². The summed E-state index contributed by atoms with van der Waals surface area (Å²) in [4.78, 5) is 16.7. The number of hydrogen-bond acceptors (Lipinski definition) is 6. The second-order valence-electron chi connectivity index (χ2n) is 7.73. The second kappa shape index (κ2) is 9.70. The van der Waals surface area contributed by atoms with Gasteiger partial charge < -0.3 is 23.9 Å². The molecule has 4 rings (SSSR count). The lowest BCUT2D eigenvalue weighted by Crippen LogP contribution is -2.08. The van der Waals surface area contributed by atoms with E-state index in [1.165, 1.54) is 0 Å². The molecule has 0 aliphatic carbocycles. The number of allylic oxidation sites excluding steroid dienone is 1. The maximum absolute atomic E-state index is 12.6. The zero-order valence-corrected chi connectivity index (χ0v) is 19.8. The summed E-state index contributed by atoms with van der Waals surface area (Å²) >= 11 is 0. The van der Waals surface area contributed by atoms with Crippen LogP contribution in [0, 0.1) is 6.92 Å². The fourth-order valence-electron chi connectivity index (χ4n) is 3.99. The van der Waals surface area contributed by atoms with Crippen molar-refractivity contribution in [2.75, 3.05) is 26.6 Å². The summed E-state index contributed by atoms with van der Waals surface area (Å²) in [6.07, 6.45) is 6.49. The molecule has 0 saturated carbocycles. The van der Waals surface area contributed by atoms with Crippen LogP contribution in [0.3, 0.4) is 0 Å². The molecule has 0 aliphatic heterocycles. The predicted molar refractivity (Wildman–Crippen MR) is 133 cm³/mol. The van der Waals surface area contributed by atoms with Crippen LogP contribution in [-0.4, -0.2) is 32.2 Å². The number of furan rings is 1. The topological polar surface area (TPSA) is 82.8 Å². The number of ether oxygens (including phenoxy) is 3. The van der Waals surface area contributed by atoms with E-state index in [2.05, 4.69) is 10.3 Å². The molecule has 0 bridgehead atoms. The molecule has 0 saturated heterocycles. The number of anilines is 1. The van der Waals surface area contributed by atoms with Crippen LogP contribution in [-0.2, 0) is 4.79 Å². The first kappa shape index (κ1) is 22.9. The Balaban J connectivity index is 1.83. The monoisotopic (exact) mass is 458 g/mol. The minimum atomic E-state index is -0.257. The van der Waals surface area contributed by atoms with Gasteiger partial charge in [-0.2, -0.15) is 0 Å². The van der Waals surface area contributed by atoms with E-state index in [1.807, 2.05) is 38.1 Å². The van der Waals surface area contributed by atoms with Gasteiger partial charge in [-0.1, -0.05) is 0 Å². The number of benzene rings is 2. The van der Waals surface area contributed by atoms with Gasteiger partial charge in [0, 0.05) is 39.9 Å². The quantitative estimate of drug-likeness (QED) is 0.349. The number of methoxy groups -OCH3 is 3. The standard InChI is InChI=1S/C27H26N2O5/c1-16(11-25(30)29-18-7-6-10-28-14-18)20-13-22-23(15-34-27(22)17(2)26(20)33-5)21-12-19(31-3)8-9-24(21)32-4/h6-15H,1-5H3,(H,29,30)/b16-11+. The number of pyridine rings is 1. The molecular formula is C27H26N2O5. The van der Waals surface area contributed by atoms with Crippen molar-refractivity contribution in [3.63, 3.8) is 0 Å². The molecule has 4 aromatic rings. The van der Waals surface area contributed by atoms with Gasteiger partial charge >= 0.3 is 0 Å². The number of aromatic nitrogens is 1. The highest BCUT2D eigenvalue weighted by molar-refractivity contribution is 6.06. The third kappa shape index (κ3) is 4.32. The van der Waals surface area contributed by atoms with Crippen LogP contribution in [0.5, 0.6) is 17.2 Å². The summed E-state index contributed by atoms with van der Waals surface area (Å²) in [7, 11) is 4.85. The SMILES string of the molecule is COc1ccc(OC)c(-c2coc3c(C)c(OC)c(/C(C)=C/C(=O)Nc4cccnc4)cc23)c1. The Labute approximate surface area is 198 Å². The molecule has 34 heavy (non-hydrogen) atoms. The number of nitrogens with zero attached hydrogens (tertiary/aromatic N) is 1. The van der Waals surface area contributed by atoms with E-state index in [0.717, 1.165) is 33.2 Å². The van der Waals surface area contributed by atoms with Crippen molar-refractivity contribution in [1.82, 2.24) is 4.98 Å². The van der Waals surface area contributed by atoms with Gasteiger partial charge in [0.25, 0.3) is 0 Å². The van der Waals surface area contributed by atoms with Gasteiger partial charge in [0.05, 0.1) is 39.5 Å². The minimum Gasteiger partial charge on any atom is -0.497 e. The molecule has 0 radical (unpaired) electrons. The van der Waals surface area contributed by atoms with Crippen molar-refractivity contribution in [3.8, 4) is 28.4 Å². The molecule has 2 aromatic heterocycles. The van der Waals surface area contributed by atoms with Crippen LogP contribution in [0.15, 0.2) is 65.5 Å². The maximum atomic E-state index is 12.6. The molecule has 0 unspecified atom stereocenters. The number of rotatable bonds is 7. The lowest BCUT2D eigenvalue weighted by molar-refractivity contribution is -0.111. The highest BCUT2D eigenvalue weighted by atomic mass is 16.5. The first-order valence-electron chi connectivity index (χ1n) is 10.7. The normalized spacial score (nSPS) is 11.4. The smallest absolute Gasteiger partial charge is 0.248 e. The lowest BCUT2D eigenvalue weighted by atomic mass is 9.96. The van der Waals surface area contributed by atoms with Crippen LogP contribution in [0.2, 0.25) is 0 Å². The first-order valence-corrected chi connectivity index (χ1v) is 10.7. The van der Waals surface area contributed by atoms with Gasteiger partial charge in [-0.05, 0) is 55.8 Å². The Morgan fingerprint density at radius 1 is 1.06 bits per heavy atom. The van der Waals surface area contributed by atoms with Crippen molar-refractivity contribution in [3.05, 3.63) is 72.3 Å². The van der Waals surface area contributed by atoms with Gasteiger partial charge in [-0.3, -0.25) is 9.78 Å². The molecule has 2 heterocycles.